The molecule has 0 radical (unpaired) electrons. The third kappa shape index (κ3) is 3.84. The number of rotatable bonds is 5. The lowest BCUT2D eigenvalue weighted by Gasteiger charge is -2.10. The topological polar surface area (TPSA) is 47.3 Å². The summed E-state index contributed by atoms with van der Waals surface area (Å²) >= 11 is 0. The van der Waals surface area contributed by atoms with E-state index in [1.54, 1.807) is 12.1 Å². The van der Waals surface area contributed by atoms with Gasteiger partial charge in [-0.05, 0) is 23.8 Å². The molecule has 0 aliphatic carbocycles. The lowest BCUT2D eigenvalue weighted by molar-refractivity contribution is -0.0498. The quantitative estimate of drug-likeness (QED) is 0.813. The lowest BCUT2D eigenvalue weighted by atomic mass is 10.2. The number of alkyl halides is 2. The molecule has 19 heavy (non-hydrogen) atoms. The summed E-state index contributed by atoms with van der Waals surface area (Å²) in [6.07, 6.45) is 0. The van der Waals surface area contributed by atoms with Crippen molar-refractivity contribution in [2.75, 3.05) is 11.1 Å². The molecule has 2 aromatic rings. The van der Waals surface area contributed by atoms with Crippen LogP contribution in [0.4, 0.5) is 20.2 Å². The summed E-state index contributed by atoms with van der Waals surface area (Å²) in [6, 6.07) is 13.9. The van der Waals surface area contributed by atoms with Gasteiger partial charge in [-0.3, -0.25) is 0 Å². The molecule has 0 saturated carbocycles. The van der Waals surface area contributed by atoms with E-state index in [1.807, 2.05) is 24.3 Å². The van der Waals surface area contributed by atoms with Gasteiger partial charge in [0.15, 0.2) is 0 Å². The maximum absolute atomic E-state index is 12.1. The molecule has 0 heterocycles. The van der Waals surface area contributed by atoms with Crippen LogP contribution in [0.5, 0.6) is 5.75 Å². The Labute approximate surface area is 110 Å². The first-order valence-corrected chi connectivity index (χ1v) is 5.77. The molecule has 0 fully saturated rings. The Balaban J connectivity index is 2.02. The predicted octanol–water partition coefficient (Wildman–Crippen LogP) is 3.48. The number of anilines is 2. The normalized spacial score (nSPS) is 10.5. The van der Waals surface area contributed by atoms with Crippen molar-refractivity contribution in [3.8, 4) is 5.75 Å². The molecule has 5 heteroatoms. The molecular formula is C14H14F2N2O. The third-order valence-electron chi connectivity index (χ3n) is 2.60. The fourth-order valence-corrected chi connectivity index (χ4v) is 1.67. The summed E-state index contributed by atoms with van der Waals surface area (Å²) in [4.78, 5) is 0. The van der Waals surface area contributed by atoms with Crippen LogP contribution in [0.25, 0.3) is 0 Å². The molecule has 0 unspecified atom stereocenters. The summed E-state index contributed by atoms with van der Waals surface area (Å²) in [5, 5.41) is 3.11. The molecule has 2 aromatic carbocycles. The van der Waals surface area contributed by atoms with Crippen LogP contribution in [0.1, 0.15) is 5.56 Å². The molecule has 100 valence electrons. The van der Waals surface area contributed by atoms with Gasteiger partial charge in [0.05, 0.1) is 0 Å². The van der Waals surface area contributed by atoms with E-state index in [9.17, 15) is 8.78 Å². The van der Waals surface area contributed by atoms with E-state index in [0.29, 0.717) is 17.9 Å². The first kappa shape index (κ1) is 13.1. The highest BCUT2D eigenvalue weighted by molar-refractivity contribution is 5.52. The van der Waals surface area contributed by atoms with Gasteiger partial charge in [-0.2, -0.15) is 8.78 Å². The third-order valence-corrected chi connectivity index (χ3v) is 2.60. The van der Waals surface area contributed by atoms with E-state index in [0.717, 1.165) is 5.56 Å². The van der Waals surface area contributed by atoms with E-state index >= 15 is 0 Å². The second-order valence-electron chi connectivity index (χ2n) is 3.96. The largest absolute Gasteiger partial charge is 0.435 e. The van der Waals surface area contributed by atoms with Gasteiger partial charge in [-0.25, -0.2) is 0 Å². The molecule has 3 nitrogen and oxygen atoms in total. The van der Waals surface area contributed by atoms with Crippen LogP contribution in [0, 0.1) is 0 Å². The maximum atomic E-state index is 12.1. The molecule has 3 N–H and O–H groups in total. The number of benzene rings is 2. The molecule has 0 aromatic heterocycles. The number of para-hydroxylation sites is 1. The molecule has 0 amide bonds. The number of nitrogens with two attached hydrogens (primary N) is 1. The van der Waals surface area contributed by atoms with Crippen molar-refractivity contribution in [2.45, 2.75) is 13.2 Å². The highest BCUT2D eigenvalue weighted by atomic mass is 19.3. The van der Waals surface area contributed by atoms with Gasteiger partial charge in [0, 0.05) is 24.0 Å². The Morgan fingerprint density at radius 2 is 1.89 bits per heavy atom. The summed E-state index contributed by atoms with van der Waals surface area (Å²) in [5.41, 5.74) is 8.15. The molecule has 0 bridgehead atoms. The van der Waals surface area contributed by atoms with E-state index in [-0.39, 0.29) is 5.75 Å². The summed E-state index contributed by atoms with van der Waals surface area (Å²) in [5.74, 6) is 0.126. The van der Waals surface area contributed by atoms with Crippen LogP contribution in [-0.2, 0) is 6.54 Å². The second kappa shape index (κ2) is 6.04. The predicted molar refractivity (Wildman–Crippen MR) is 71.3 cm³/mol. The Hall–Kier alpha value is -2.30. The van der Waals surface area contributed by atoms with Crippen molar-refractivity contribution in [3.63, 3.8) is 0 Å². The SMILES string of the molecule is Nc1ccccc1CNc1cccc(OC(F)F)c1. The average molecular weight is 264 g/mol. The molecule has 0 saturated heterocycles. The minimum absolute atomic E-state index is 0.126. The monoisotopic (exact) mass is 264 g/mol. The van der Waals surface area contributed by atoms with Gasteiger partial charge in [-0.15, -0.1) is 0 Å². The summed E-state index contributed by atoms with van der Waals surface area (Å²) in [7, 11) is 0. The van der Waals surface area contributed by atoms with E-state index in [4.69, 9.17) is 5.73 Å². The zero-order valence-electron chi connectivity index (χ0n) is 10.1. The molecule has 0 aliphatic heterocycles. The smallest absolute Gasteiger partial charge is 0.387 e. The van der Waals surface area contributed by atoms with Crippen LogP contribution in [0.2, 0.25) is 0 Å². The van der Waals surface area contributed by atoms with Crippen LogP contribution >= 0.6 is 0 Å². The lowest BCUT2D eigenvalue weighted by Crippen LogP contribution is -2.04. The van der Waals surface area contributed by atoms with Gasteiger partial charge in [0.1, 0.15) is 5.75 Å². The Morgan fingerprint density at radius 3 is 2.63 bits per heavy atom. The van der Waals surface area contributed by atoms with Gasteiger partial charge in [-0.1, -0.05) is 24.3 Å². The number of ether oxygens (including phenoxy) is 1. The van der Waals surface area contributed by atoms with E-state index in [1.165, 1.54) is 12.1 Å². The Bertz CT molecular complexity index is 546. The maximum Gasteiger partial charge on any atom is 0.387 e. The van der Waals surface area contributed by atoms with Crippen molar-refractivity contribution < 1.29 is 13.5 Å². The zero-order chi connectivity index (χ0) is 13.7. The number of nitrogens with one attached hydrogen (secondary N) is 1. The van der Waals surface area contributed by atoms with Crippen LogP contribution in [0.15, 0.2) is 48.5 Å². The van der Waals surface area contributed by atoms with Gasteiger partial charge in [0.2, 0.25) is 0 Å². The molecule has 0 spiro atoms. The van der Waals surface area contributed by atoms with Crippen LogP contribution < -0.4 is 15.8 Å². The zero-order valence-corrected chi connectivity index (χ0v) is 10.1. The Morgan fingerprint density at radius 1 is 1.11 bits per heavy atom. The molecule has 2 rings (SSSR count). The fraction of sp³-hybridized carbons (Fsp3) is 0.143. The van der Waals surface area contributed by atoms with E-state index < -0.39 is 6.61 Å². The van der Waals surface area contributed by atoms with Crippen molar-refractivity contribution in [3.05, 3.63) is 54.1 Å². The number of nitrogen functional groups attached to an aromatic ring is 1. The van der Waals surface area contributed by atoms with Crippen molar-refractivity contribution >= 4 is 11.4 Å². The Kier molecular flexibility index (Phi) is 4.18. The highest BCUT2D eigenvalue weighted by Crippen LogP contribution is 2.20. The standard InChI is InChI=1S/C14H14F2N2O/c15-14(16)19-12-6-3-5-11(8-12)18-9-10-4-1-2-7-13(10)17/h1-8,14,18H,9,17H2. The van der Waals surface area contributed by atoms with Crippen molar-refractivity contribution in [1.82, 2.24) is 0 Å². The van der Waals surface area contributed by atoms with Crippen LogP contribution in [-0.4, -0.2) is 6.61 Å². The number of halogens is 2. The molecular weight excluding hydrogens is 250 g/mol. The van der Waals surface area contributed by atoms with Gasteiger partial charge < -0.3 is 15.8 Å². The highest BCUT2D eigenvalue weighted by Gasteiger charge is 2.04. The summed E-state index contributed by atoms with van der Waals surface area (Å²) < 4.78 is 28.5. The van der Waals surface area contributed by atoms with Gasteiger partial charge >= 0.3 is 6.61 Å². The molecule has 0 aliphatic rings. The fourth-order valence-electron chi connectivity index (χ4n) is 1.67. The minimum Gasteiger partial charge on any atom is -0.435 e. The molecule has 0 atom stereocenters. The van der Waals surface area contributed by atoms with Crippen molar-refractivity contribution in [1.29, 1.82) is 0 Å². The first-order valence-electron chi connectivity index (χ1n) is 5.77. The minimum atomic E-state index is -2.82. The number of hydrogen-bond donors (Lipinski definition) is 2. The first-order chi connectivity index (χ1) is 9.15. The summed E-state index contributed by atoms with van der Waals surface area (Å²) in [6.45, 7) is -2.30. The average Bonchev–Trinajstić information content (AvgIpc) is 2.37. The van der Waals surface area contributed by atoms with E-state index in [2.05, 4.69) is 10.1 Å². The van der Waals surface area contributed by atoms with Gasteiger partial charge in [0.25, 0.3) is 0 Å². The van der Waals surface area contributed by atoms with Crippen molar-refractivity contribution in [2.24, 2.45) is 0 Å². The van der Waals surface area contributed by atoms with Crippen LogP contribution in [0.3, 0.4) is 0 Å². The number of hydrogen-bond acceptors (Lipinski definition) is 3. The second-order valence-corrected chi connectivity index (χ2v) is 3.96.